The molecule has 30 heavy (non-hydrogen) atoms. The van der Waals surface area contributed by atoms with Gasteiger partial charge < -0.3 is 15.4 Å². The molecule has 1 heterocycles. The normalized spacial score (nSPS) is 16.2. The summed E-state index contributed by atoms with van der Waals surface area (Å²) >= 11 is 1.51. The molecule has 0 spiro atoms. The quantitative estimate of drug-likeness (QED) is 0.672. The number of thioether (sulfide) groups is 1. The second-order valence-corrected chi connectivity index (χ2v) is 10.1. The maximum Gasteiger partial charge on any atom is 0.228 e. The standard InChI is InChI=1S/C21H24N2O5S2/c1-3-28-16-6-4-15(5-7-16)22-20(24)10-11-30(26,27)17-8-9-19-18(12-17)23-21(25)14(2)13-29-19/h4-9,12,14H,3,10-11,13H2,1-2H3,(H,22,24)(H,23,25). The molecule has 2 aromatic carbocycles. The summed E-state index contributed by atoms with van der Waals surface area (Å²) in [6, 6.07) is 11.6. The van der Waals surface area contributed by atoms with Gasteiger partial charge in [-0.15, -0.1) is 11.8 Å². The highest BCUT2D eigenvalue weighted by Crippen LogP contribution is 2.34. The van der Waals surface area contributed by atoms with Crippen LogP contribution in [0.4, 0.5) is 11.4 Å². The predicted octanol–water partition coefficient (Wildman–Crippen LogP) is 3.57. The molecule has 160 valence electrons. The summed E-state index contributed by atoms with van der Waals surface area (Å²) in [6.45, 7) is 4.26. The summed E-state index contributed by atoms with van der Waals surface area (Å²) in [5.41, 5.74) is 1.06. The molecule has 7 nitrogen and oxygen atoms in total. The Morgan fingerprint density at radius 1 is 1.23 bits per heavy atom. The van der Waals surface area contributed by atoms with Crippen LogP contribution in [0.5, 0.6) is 5.75 Å². The van der Waals surface area contributed by atoms with Gasteiger partial charge in [0.15, 0.2) is 9.84 Å². The second-order valence-electron chi connectivity index (χ2n) is 6.93. The Bertz CT molecular complexity index is 1040. The molecule has 0 aliphatic carbocycles. The van der Waals surface area contributed by atoms with Crippen LogP contribution in [0.25, 0.3) is 0 Å². The number of nitrogens with one attached hydrogen (secondary N) is 2. The zero-order chi connectivity index (χ0) is 21.7. The Labute approximate surface area is 180 Å². The number of amides is 2. The first-order valence-corrected chi connectivity index (χ1v) is 12.3. The van der Waals surface area contributed by atoms with Gasteiger partial charge in [0.1, 0.15) is 5.75 Å². The lowest BCUT2D eigenvalue weighted by Gasteiger charge is -2.10. The van der Waals surface area contributed by atoms with Crippen molar-refractivity contribution in [2.45, 2.75) is 30.1 Å². The molecule has 2 aromatic rings. The average molecular weight is 449 g/mol. The van der Waals surface area contributed by atoms with E-state index in [1.807, 2.05) is 13.8 Å². The predicted molar refractivity (Wildman–Crippen MR) is 118 cm³/mol. The number of fused-ring (bicyclic) bond motifs is 1. The van der Waals surface area contributed by atoms with Crippen LogP contribution < -0.4 is 15.4 Å². The van der Waals surface area contributed by atoms with Gasteiger partial charge in [-0.05, 0) is 49.4 Å². The molecular formula is C21H24N2O5S2. The zero-order valence-electron chi connectivity index (χ0n) is 16.8. The minimum absolute atomic E-state index is 0.0885. The van der Waals surface area contributed by atoms with Crippen molar-refractivity contribution in [3.05, 3.63) is 42.5 Å². The van der Waals surface area contributed by atoms with E-state index in [1.54, 1.807) is 30.3 Å². The van der Waals surface area contributed by atoms with Crippen molar-refractivity contribution >= 4 is 44.8 Å². The fraction of sp³-hybridized carbons (Fsp3) is 0.333. The molecule has 3 rings (SSSR count). The van der Waals surface area contributed by atoms with Crippen molar-refractivity contribution in [2.75, 3.05) is 28.7 Å². The summed E-state index contributed by atoms with van der Waals surface area (Å²) < 4.78 is 30.8. The molecule has 1 atom stereocenters. The molecule has 0 saturated carbocycles. The first kappa shape index (κ1) is 22.2. The highest BCUT2D eigenvalue weighted by atomic mass is 32.2. The lowest BCUT2D eigenvalue weighted by Crippen LogP contribution is -2.20. The van der Waals surface area contributed by atoms with E-state index in [9.17, 15) is 18.0 Å². The van der Waals surface area contributed by atoms with E-state index >= 15 is 0 Å². The van der Waals surface area contributed by atoms with E-state index in [4.69, 9.17) is 4.74 Å². The molecule has 0 aromatic heterocycles. The third-order valence-electron chi connectivity index (χ3n) is 4.55. The zero-order valence-corrected chi connectivity index (χ0v) is 18.4. The maximum absolute atomic E-state index is 12.7. The number of ether oxygens (including phenoxy) is 1. The molecule has 0 radical (unpaired) electrons. The summed E-state index contributed by atoms with van der Waals surface area (Å²) in [4.78, 5) is 25.2. The van der Waals surface area contributed by atoms with E-state index in [1.165, 1.54) is 23.9 Å². The van der Waals surface area contributed by atoms with Crippen LogP contribution in [-0.4, -0.2) is 38.3 Å². The van der Waals surface area contributed by atoms with E-state index in [0.717, 1.165) is 4.90 Å². The molecule has 1 aliphatic rings. The average Bonchev–Trinajstić information content (AvgIpc) is 2.86. The molecular weight excluding hydrogens is 424 g/mol. The molecule has 2 amide bonds. The monoisotopic (exact) mass is 448 g/mol. The fourth-order valence-corrected chi connectivity index (χ4v) is 5.12. The van der Waals surface area contributed by atoms with E-state index in [-0.39, 0.29) is 28.9 Å². The van der Waals surface area contributed by atoms with Crippen LogP contribution in [0.15, 0.2) is 52.3 Å². The molecule has 1 unspecified atom stereocenters. The first-order valence-electron chi connectivity index (χ1n) is 9.61. The Hall–Kier alpha value is -2.52. The van der Waals surface area contributed by atoms with Crippen molar-refractivity contribution in [3.63, 3.8) is 0 Å². The summed E-state index contributed by atoms with van der Waals surface area (Å²) in [5.74, 6) is 0.318. The lowest BCUT2D eigenvalue weighted by atomic mass is 10.2. The minimum Gasteiger partial charge on any atom is -0.494 e. The topological polar surface area (TPSA) is 102 Å². The number of sulfone groups is 1. The molecule has 1 aliphatic heterocycles. The van der Waals surface area contributed by atoms with Crippen molar-refractivity contribution in [1.29, 1.82) is 0 Å². The summed E-state index contributed by atoms with van der Waals surface area (Å²) in [6.07, 6.45) is -0.176. The number of benzene rings is 2. The van der Waals surface area contributed by atoms with E-state index < -0.39 is 15.7 Å². The van der Waals surface area contributed by atoms with Crippen LogP contribution in [0.2, 0.25) is 0 Å². The van der Waals surface area contributed by atoms with Crippen LogP contribution in [0.1, 0.15) is 20.3 Å². The van der Waals surface area contributed by atoms with E-state index in [0.29, 0.717) is 29.5 Å². The number of carbonyl (C=O) groups excluding carboxylic acids is 2. The van der Waals surface area contributed by atoms with Gasteiger partial charge in [-0.1, -0.05) is 6.92 Å². The number of hydrogen-bond acceptors (Lipinski definition) is 6. The van der Waals surface area contributed by atoms with Crippen LogP contribution >= 0.6 is 11.8 Å². The largest absolute Gasteiger partial charge is 0.494 e. The lowest BCUT2D eigenvalue weighted by molar-refractivity contribution is -0.118. The highest BCUT2D eigenvalue weighted by Gasteiger charge is 2.23. The van der Waals surface area contributed by atoms with E-state index in [2.05, 4.69) is 10.6 Å². The Morgan fingerprint density at radius 3 is 2.67 bits per heavy atom. The van der Waals surface area contributed by atoms with Crippen molar-refractivity contribution in [2.24, 2.45) is 5.92 Å². The van der Waals surface area contributed by atoms with Crippen molar-refractivity contribution in [1.82, 2.24) is 0 Å². The molecule has 0 fully saturated rings. The third kappa shape index (κ3) is 5.54. The molecule has 2 N–H and O–H groups in total. The van der Waals surface area contributed by atoms with Gasteiger partial charge in [0.2, 0.25) is 11.8 Å². The maximum atomic E-state index is 12.7. The SMILES string of the molecule is CCOc1ccc(NC(=O)CCS(=O)(=O)c2ccc3c(c2)NC(=O)C(C)CS3)cc1. The number of carbonyl (C=O) groups is 2. The molecule has 9 heteroatoms. The highest BCUT2D eigenvalue weighted by molar-refractivity contribution is 7.99. The van der Waals surface area contributed by atoms with Crippen LogP contribution in [0, 0.1) is 5.92 Å². The minimum atomic E-state index is -3.68. The third-order valence-corrected chi connectivity index (χ3v) is 7.60. The van der Waals surface area contributed by atoms with Gasteiger partial charge in [0, 0.05) is 28.7 Å². The van der Waals surface area contributed by atoms with Crippen LogP contribution in [-0.2, 0) is 19.4 Å². The van der Waals surface area contributed by atoms with Gasteiger partial charge in [0.05, 0.1) is 22.9 Å². The van der Waals surface area contributed by atoms with Gasteiger partial charge in [-0.2, -0.15) is 0 Å². The molecule has 0 saturated heterocycles. The van der Waals surface area contributed by atoms with Gasteiger partial charge in [-0.3, -0.25) is 9.59 Å². The van der Waals surface area contributed by atoms with Crippen molar-refractivity contribution < 1.29 is 22.7 Å². The van der Waals surface area contributed by atoms with Gasteiger partial charge in [0.25, 0.3) is 0 Å². The second kappa shape index (κ2) is 9.53. The summed E-state index contributed by atoms with van der Waals surface area (Å²) in [7, 11) is -3.68. The number of anilines is 2. The number of rotatable bonds is 7. The number of hydrogen-bond donors (Lipinski definition) is 2. The Morgan fingerprint density at radius 2 is 1.97 bits per heavy atom. The van der Waals surface area contributed by atoms with Crippen LogP contribution in [0.3, 0.4) is 0 Å². The smallest absolute Gasteiger partial charge is 0.228 e. The Balaban J connectivity index is 1.63. The van der Waals surface area contributed by atoms with Gasteiger partial charge in [-0.25, -0.2) is 8.42 Å². The fourth-order valence-electron chi connectivity index (χ4n) is 2.84. The summed E-state index contributed by atoms with van der Waals surface area (Å²) in [5, 5.41) is 5.47. The Kier molecular flexibility index (Phi) is 7.04. The first-order chi connectivity index (χ1) is 14.3. The van der Waals surface area contributed by atoms with Gasteiger partial charge >= 0.3 is 0 Å². The van der Waals surface area contributed by atoms with Crippen molar-refractivity contribution in [3.8, 4) is 5.75 Å². The molecule has 0 bridgehead atoms.